The Labute approximate surface area is 234 Å². The molecule has 2 amide bonds. The van der Waals surface area contributed by atoms with Crippen molar-refractivity contribution in [1.29, 1.82) is 0 Å². The fourth-order valence-corrected chi connectivity index (χ4v) is 5.94. The molecule has 3 aromatic carbocycles. The standard InChI is InChI=1S/C28H31Cl2N3O4S/c1-5-26(28(35)31-4)32(17-21-10-6-19(2)7-11-21)27(34)18-33(24-15-22(29)14-23(30)16-24)38(36,37)25-12-8-20(3)9-13-25/h6-16,26H,5,17-18H2,1-4H3,(H,31,35)/t26-/m1/s1. The minimum Gasteiger partial charge on any atom is -0.357 e. The van der Waals surface area contributed by atoms with Gasteiger partial charge in [-0.15, -0.1) is 0 Å². The van der Waals surface area contributed by atoms with Crippen molar-refractivity contribution in [3.63, 3.8) is 0 Å². The van der Waals surface area contributed by atoms with E-state index in [0.717, 1.165) is 21.0 Å². The molecule has 1 N–H and O–H groups in total. The normalized spacial score (nSPS) is 12.1. The fraction of sp³-hybridized carbons (Fsp3) is 0.286. The van der Waals surface area contributed by atoms with Crippen LogP contribution in [0.25, 0.3) is 0 Å². The second kappa shape index (κ2) is 12.7. The molecule has 0 aliphatic carbocycles. The van der Waals surface area contributed by atoms with Gasteiger partial charge in [0.25, 0.3) is 10.0 Å². The number of nitrogens with zero attached hydrogens (tertiary/aromatic N) is 2. The van der Waals surface area contributed by atoms with Gasteiger partial charge in [-0.3, -0.25) is 13.9 Å². The van der Waals surface area contributed by atoms with Gasteiger partial charge >= 0.3 is 0 Å². The zero-order chi connectivity index (χ0) is 28.0. The molecule has 3 rings (SSSR count). The number of likely N-dealkylation sites (N-methyl/N-ethyl adjacent to an activating group) is 1. The van der Waals surface area contributed by atoms with Crippen LogP contribution in [0, 0.1) is 13.8 Å². The molecule has 0 saturated heterocycles. The number of sulfonamides is 1. The van der Waals surface area contributed by atoms with Crippen molar-refractivity contribution in [2.45, 2.75) is 44.7 Å². The number of anilines is 1. The zero-order valence-electron chi connectivity index (χ0n) is 21.7. The number of benzene rings is 3. The molecule has 0 saturated carbocycles. The highest BCUT2D eigenvalue weighted by Gasteiger charge is 2.33. The Kier molecular flexibility index (Phi) is 9.82. The van der Waals surface area contributed by atoms with Gasteiger partial charge in [-0.05, 0) is 56.2 Å². The molecule has 0 aliphatic rings. The summed E-state index contributed by atoms with van der Waals surface area (Å²) in [6.07, 6.45) is 0.338. The first-order valence-electron chi connectivity index (χ1n) is 12.1. The Morgan fingerprint density at radius 2 is 1.42 bits per heavy atom. The van der Waals surface area contributed by atoms with E-state index in [1.54, 1.807) is 19.1 Å². The summed E-state index contributed by atoms with van der Waals surface area (Å²) in [5.74, 6) is -0.889. The van der Waals surface area contributed by atoms with Gasteiger partial charge in [0.1, 0.15) is 12.6 Å². The Hall–Kier alpha value is -3.07. The minimum atomic E-state index is -4.20. The van der Waals surface area contributed by atoms with E-state index in [2.05, 4.69) is 5.32 Å². The summed E-state index contributed by atoms with van der Waals surface area (Å²) in [4.78, 5) is 28.1. The van der Waals surface area contributed by atoms with Gasteiger partial charge in [0.2, 0.25) is 11.8 Å². The van der Waals surface area contributed by atoms with Crippen LogP contribution in [-0.4, -0.2) is 44.8 Å². The van der Waals surface area contributed by atoms with Crippen LogP contribution in [0.1, 0.15) is 30.0 Å². The third kappa shape index (κ3) is 7.07. The maximum absolute atomic E-state index is 13.9. The lowest BCUT2D eigenvalue weighted by molar-refractivity contribution is -0.140. The smallest absolute Gasteiger partial charge is 0.264 e. The lowest BCUT2D eigenvalue weighted by Gasteiger charge is -2.33. The molecule has 0 radical (unpaired) electrons. The Morgan fingerprint density at radius 1 is 0.895 bits per heavy atom. The molecule has 0 heterocycles. The van der Waals surface area contributed by atoms with E-state index in [1.165, 1.54) is 42.3 Å². The number of carbonyl (C=O) groups is 2. The largest absolute Gasteiger partial charge is 0.357 e. The van der Waals surface area contributed by atoms with Gasteiger partial charge in [0, 0.05) is 23.6 Å². The Morgan fingerprint density at radius 3 is 1.92 bits per heavy atom. The monoisotopic (exact) mass is 575 g/mol. The summed E-state index contributed by atoms with van der Waals surface area (Å²) in [6, 6.07) is 17.5. The van der Waals surface area contributed by atoms with Crippen LogP contribution in [0.2, 0.25) is 10.0 Å². The average Bonchev–Trinajstić information content (AvgIpc) is 2.87. The predicted molar refractivity (Wildman–Crippen MR) is 152 cm³/mol. The molecule has 0 spiro atoms. The van der Waals surface area contributed by atoms with Crippen LogP contribution in [0.5, 0.6) is 0 Å². The molecular weight excluding hydrogens is 545 g/mol. The van der Waals surface area contributed by atoms with Crippen LogP contribution < -0.4 is 9.62 Å². The number of rotatable bonds is 10. The highest BCUT2D eigenvalue weighted by Crippen LogP contribution is 2.30. The van der Waals surface area contributed by atoms with Crippen molar-refractivity contribution >= 4 is 50.7 Å². The Bertz CT molecular complexity index is 1370. The number of hydrogen-bond acceptors (Lipinski definition) is 4. The first-order chi connectivity index (χ1) is 18.0. The van der Waals surface area contributed by atoms with Crippen LogP contribution >= 0.6 is 23.2 Å². The highest BCUT2D eigenvalue weighted by atomic mass is 35.5. The number of hydrogen-bond donors (Lipinski definition) is 1. The molecule has 3 aromatic rings. The molecule has 0 unspecified atom stereocenters. The molecule has 0 fully saturated rings. The van der Waals surface area contributed by atoms with Crippen molar-refractivity contribution in [1.82, 2.24) is 10.2 Å². The Balaban J connectivity index is 2.09. The maximum Gasteiger partial charge on any atom is 0.264 e. The van der Waals surface area contributed by atoms with Crippen molar-refractivity contribution in [2.24, 2.45) is 0 Å². The third-order valence-electron chi connectivity index (χ3n) is 6.13. The van der Waals surface area contributed by atoms with Crippen molar-refractivity contribution in [2.75, 3.05) is 17.9 Å². The molecular formula is C28H31Cl2N3O4S. The topological polar surface area (TPSA) is 86.8 Å². The summed E-state index contributed by atoms with van der Waals surface area (Å²) in [5, 5.41) is 3.05. The summed E-state index contributed by atoms with van der Waals surface area (Å²) in [6.45, 7) is 5.16. The minimum absolute atomic E-state index is 0.00965. The molecule has 7 nitrogen and oxygen atoms in total. The van der Waals surface area contributed by atoms with Gasteiger partial charge in [0.15, 0.2) is 0 Å². The molecule has 0 aliphatic heterocycles. The maximum atomic E-state index is 13.9. The van der Waals surface area contributed by atoms with Crippen LogP contribution in [-0.2, 0) is 26.2 Å². The summed E-state index contributed by atoms with van der Waals surface area (Å²) < 4.78 is 28.7. The molecule has 1 atom stereocenters. The lowest BCUT2D eigenvalue weighted by atomic mass is 10.1. The first-order valence-corrected chi connectivity index (χ1v) is 14.3. The third-order valence-corrected chi connectivity index (χ3v) is 8.35. The number of halogens is 2. The highest BCUT2D eigenvalue weighted by molar-refractivity contribution is 7.92. The van der Waals surface area contributed by atoms with Gasteiger partial charge in [0.05, 0.1) is 10.6 Å². The van der Waals surface area contributed by atoms with Crippen LogP contribution in [0.4, 0.5) is 5.69 Å². The quantitative estimate of drug-likeness (QED) is 0.352. The van der Waals surface area contributed by atoms with E-state index < -0.39 is 28.5 Å². The van der Waals surface area contributed by atoms with E-state index in [-0.39, 0.29) is 33.1 Å². The van der Waals surface area contributed by atoms with Crippen molar-refractivity contribution in [3.05, 3.63) is 93.5 Å². The van der Waals surface area contributed by atoms with Crippen LogP contribution in [0.15, 0.2) is 71.6 Å². The van der Waals surface area contributed by atoms with Crippen molar-refractivity contribution < 1.29 is 18.0 Å². The van der Waals surface area contributed by atoms with E-state index >= 15 is 0 Å². The van der Waals surface area contributed by atoms with Gasteiger partial charge < -0.3 is 10.2 Å². The van der Waals surface area contributed by atoms with Crippen molar-refractivity contribution in [3.8, 4) is 0 Å². The van der Waals surface area contributed by atoms with E-state index in [4.69, 9.17) is 23.2 Å². The lowest BCUT2D eigenvalue weighted by Crippen LogP contribution is -2.51. The predicted octanol–water partition coefficient (Wildman–Crippen LogP) is 5.36. The van der Waals surface area contributed by atoms with Gasteiger partial charge in [-0.2, -0.15) is 0 Å². The fourth-order valence-electron chi connectivity index (χ4n) is 4.03. The number of aryl methyl sites for hydroxylation is 2. The molecule has 202 valence electrons. The summed E-state index contributed by atoms with van der Waals surface area (Å²) in [7, 11) is -2.70. The first kappa shape index (κ1) is 29.5. The second-order valence-electron chi connectivity index (χ2n) is 9.00. The van der Waals surface area contributed by atoms with Crippen LogP contribution in [0.3, 0.4) is 0 Å². The second-order valence-corrected chi connectivity index (χ2v) is 11.7. The SMILES string of the molecule is CC[C@H](C(=O)NC)N(Cc1ccc(C)cc1)C(=O)CN(c1cc(Cl)cc(Cl)c1)S(=O)(=O)c1ccc(C)cc1. The number of nitrogens with one attached hydrogen (secondary N) is 1. The summed E-state index contributed by atoms with van der Waals surface area (Å²) in [5.41, 5.74) is 2.89. The summed E-state index contributed by atoms with van der Waals surface area (Å²) >= 11 is 12.4. The number of carbonyl (C=O) groups excluding carboxylic acids is 2. The average molecular weight is 577 g/mol. The molecule has 0 aromatic heterocycles. The number of amides is 2. The molecule has 38 heavy (non-hydrogen) atoms. The van der Waals surface area contributed by atoms with E-state index in [9.17, 15) is 18.0 Å². The van der Waals surface area contributed by atoms with Gasteiger partial charge in [-0.25, -0.2) is 8.42 Å². The molecule has 10 heteroatoms. The van der Waals surface area contributed by atoms with E-state index in [1.807, 2.05) is 38.1 Å². The molecule has 0 bridgehead atoms. The van der Waals surface area contributed by atoms with Gasteiger partial charge in [-0.1, -0.05) is 77.7 Å². The van der Waals surface area contributed by atoms with E-state index in [0.29, 0.717) is 6.42 Å². The zero-order valence-corrected chi connectivity index (χ0v) is 24.1.